The molecule has 3 N–H and O–H groups in total. The first-order valence-electron chi connectivity index (χ1n) is 5.71. The normalized spacial score (nSPS) is 17.5. The Hall–Kier alpha value is -1.64. The molecule has 0 bridgehead atoms. The molecule has 0 aliphatic carbocycles. The fraction of sp³-hybridized carbons (Fsp3) is 0.167. The number of benzene rings is 1. The first-order valence-corrected chi connectivity index (χ1v) is 7.37. The van der Waals surface area contributed by atoms with Crippen LogP contribution in [0.15, 0.2) is 18.2 Å². The second kappa shape index (κ2) is 6.42. The number of nitrogens with one attached hydrogen (secondary N) is 2. The maximum Gasteiger partial charge on any atom is 0.337 e. The predicted octanol–water partition coefficient (Wildman–Crippen LogP) is 1.88. The summed E-state index contributed by atoms with van der Waals surface area (Å²) < 4.78 is 0.345. The van der Waals surface area contributed by atoms with Gasteiger partial charge in [-0.25, -0.2) is 4.79 Å². The van der Waals surface area contributed by atoms with Crippen LogP contribution in [0.2, 0.25) is 5.02 Å². The standard InChI is InChI=1S/C12H9ClN2O4S2/c13-7-2-1-5(3-6(7)11(18)19)14-9(16)4-8-10(17)15-12(20)21-8/h1-3,8H,4H2,(H,14,16)(H,18,19)(H,15,17,20)/t8-/m0/s1. The number of hydrogen-bond donors (Lipinski definition) is 3. The average molecular weight is 345 g/mol. The third kappa shape index (κ3) is 3.93. The molecule has 1 heterocycles. The third-order valence-corrected chi connectivity index (χ3v) is 4.32. The van der Waals surface area contributed by atoms with Crippen LogP contribution in [0, 0.1) is 0 Å². The maximum absolute atomic E-state index is 11.9. The van der Waals surface area contributed by atoms with E-state index in [0.29, 0.717) is 10.0 Å². The summed E-state index contributed by atoms with van der Waals surface area (Å²) in [4.78, 5) is 34.3. The van der Waals surface area contributed by atoms with Crippen molar-refractivity contribution in [3.05, 3.63) is 28.8 Å². The van der Waals surface area contributed by atoms with E-state index in [2.05, 4.69) is 10.6 Å². The van der Waals surface area contributed by atoms with Crippen molar-refractivity contribution in [2.24, 2.45) is 0 Å². The highest BCUT2D eigenvalue weighted by atomic mass is 35.5. The van der Waals surface area contributed by atoms with Gasteiger partial charge in [0.15, 0.2) is 0 Å². The average Bonchev–Trinajstić information content (AvgIpc) is 2.69. The van der Waals surface area contributed by atoms with Crippen molar-refractivity contribution >= 4 is 63.4 Å². The fourth-order valence-electron chi connectivity index (χ4n) is 1.67. The van der Waals surface area contributed by atoms with Crippen LogP contribution in [0.3, 0.4) is 0 Å². The molecule has 1 saturated heterocycles. The van der Waals surface area contributed by atoms with Crippen LogP contribution < -0.4 is 10.6 Å². The summed E-state index contributed by atoms with van der Waals surface area (Å²) in [5, 5.41) is 13.4. The van der Waals surface area contributed by atoms with Crippen molar-refractivity contribution < 1.29 is 19.5 Å². The molecular formula is C12H9ClN2O4S2. The van der Waals surface area contributed by atoms with E-state index >= 15 is 0 Å². The monoisotopic (exact) mass is 344 g/mol. The number of amides is 2. The smallest absolute Gasteiger partial charge is 0.337 e. The second-order valence-electron chi connectivity index (χ2n) is 4.14. The van der Waals surface area contributed by atoms with Crippen molar-refractivity contribution in [2.75, 3.05) is 5.32 Å². The molecule has 6 nitrogen and oxygen atoms in total. The number of rotatable bonds is 4. The predicted molar refractivity (Wildman–Crippen MR) is 83.8 cm³/mol. The van der Waals surface area contributed by atoms with Crippen LogP contribution in [-0.2, 0) is 9.59 Å². The second-order valence-corrected chi connectivity index (χ2v) is 6.42. The van der Waals surface area contributed by atoms with Crippen LogP contribution in [0.4, 0.5) is 5.69 Å². The number of anilines is 1. The number of thioether (sulfide) groups is 1. The molecule has 1 aliphatic heterocycles. The number of carbonyl (C=O) groups excluding carboxylic acids is 2. The van der Waals surface area contributed by atoms with Crippen LogP contribution in [-0.4, -0.2) is 32.5 Å². The molecular weight excluding hydrogens is 336 g/mol. The molecule has 0 saturated carbocycles. The Morgan fingerprint density at radius 1 is 1.48 bits per heavy atom. The van der Waals surface area contributed by atoms with Crippen LogP contribution in [0.25, 0.3) is 0 Å². The van der Waals surface area contributed by atoms with Gasteiger partial charge in [-0.15, -0.1) is 0 Å². The van der Waals surface area contributed by atoms with Gasteiger partial charge in [0.2, 0.25) is 11.8 Å². The number of aromatic carboxylic acids is 1. The zero-order valence-electron chi connectivity index (χ0n) is 10.4. The first kappa shape index (κ1) is 15.7. The Kier molecular flexibility index (Phi) is 4.81. The highest BCUT2D eigenvalue weighted by molar-refractivity contribution is 8.24. The van der Waals surface area contributed by atoms with Crippen LogP contribution in [0.1, 0.15) is 16.8 Å². The van der Waals surface area contributed by atoms with E-state index in [1.807, 2.05) is 0 Å². The molecule has 1 aromatic carbocycles. The summed E-state index contributed by atoms with van der Waals surface area (Å²) in [7, 11) is 0. The van der Waals surface area contributed by atoms with Crippen LogP contribution >= 0.6 is 35.6 Å². The Morgan fingerprint density at radius 2 is 2.19 bits per heavy atom. The largest absolute Gasteiger partial charge is 0.478 e. The number of carbonyl (C=O) groups is 3. The highest BCUT2D eigenvalue weighted by Crippen LogP contribution is 2.24. The lowest BCUT2D eigenvalue weighted by molar-refractivity contribution is -0.122. The van der Waals surface area contributed by atoms with E-state index in [1.54, 1.807) is 0 Å². The van der Waals surface area contributed by atoms with E-state index in [9.17, 15) is 14.4 Å². The molecule has 1 aliphatic rings. The topological polar surface area (TPSA) is 95.5 Å². The van der Waals surface area contributed by atoms with Gasteiger partial charge < -0.3 is 15.7 Å². The summed E-state index contributed by atoms with van der Waals surface area (Å²) in [6.07, 6.45) is -0.0539. The number of halogens is 1. The van der Waals surface area contributed by atoms with E-state index in [1.165, 1.54) is 18.2 Å². The maximum atomic E-state index is 11.9. The molecule has 0 radical (unpaired) electrons. The van der Waals surface area contributed by atoms with E-state index in [0.717, 1.165) is 11.8 Å². The third-order valence-electron chi connectivity index (χ3n) is 2.62. The van der Waals surface area contributed by atoms with Gasteiger partial charge >= 0.3 is 5.97 Å². The van der Waals surface area contributed by atoms with Gasteiger partial charge in [-0.05, 0) is 18.2 Å². The quantitative estimate of drug-likeness (QED) is 0.722. The highest BCUT2D eigenvalue weighted by Gasteiger charge is 2.31. The molecule has 21 heavy (non-hydrogen) atoms. The number of thiocarbonyl (C=S) groups is 1. The number of hydrogen-bond acceptors (Lipinski definition) is 5. The molecule has 1 atom stereocenters. The molecule has 2 rings (SSSR count). The molecule has 110 valence electrons. The lowest BCUT2D eigenvalue weighted by Gasteiger charge is -2.08. The Labute approximate surface area is 134 Å². The van der Waals surface area contributed by atoms with Crippen molar-refractivity contribution in [1.82, 2.24) is 5.32 Å². The minimum absolute atomic E-state index is 0.0539. The SMILES string of the molecule is O=C(C[C@@H]1SC(=S)NC1=O)Nc1ccc(Cl)c(C(=O)O)c1. The number of carboxylic acids is 1. The zero-order chi connectivity index (χ0) is 15.6. The van der Waals surface area contributed by atoms with Gasteiger partial charge in [-0.1, -0.05) is 35.6 Å². The van der Waals surface area contributed by atoms with E-state index in [4.69, 9.17) is 28.9 Å². The molecule has 1 fully saturated rings. The van der Waals surface area contributed by atoms with Crippen LogP contribution in [0.5, 0.6) is 0 Å². The van der Waals surface area contributed by atoms with Gasteiger partial charge in [0.1, 0.15) is 4.32 Å². The number of carboxylic acid groups (broad SMARTS) is 1. The van der Waals surface area contributed by atoms with Gasteiger partial charge in [0.25, 0.3) is 0 Å². The molecule has 9 heteroatoms. The Balaban J connectivity index is 2.03. The summed E-state index contributed by atoms with van der Waals surface area (Å²) in [5.41, 5.74) is 0.191. The van der Waals surface area contributed by atoms with Gasteiger partial charge in [-0.2, -0.15) is 0 Å². The molecule has 0 unspecified atom stereocenters. The van der Waals surface area contributed by atoms with E-state index < -0.39 is 17.1 Å². The molecule has 2 amide bonds. The lowest BCUT2D eigenvalue weighted by atomic mass is 10.2. The van der Waals surface area contributed by atoms with Crippen molar-refractivity contribution in [3.63, 3.8) is 0 Å². The minimum Gasteiger partial charge on any atom is -0.478 e. The van der Waals surface area contributed by atoms with Crippen molar-refractivity contribution in [3.8, 4) is 0 Å². The zero-order valence-corrected chi connectivity index (χ0v) is 12.8. The Morgan fingerprint density at radius 3 is 2.76 bits per heavy atom. The molecule has 1 aromatic rings. The minimum atomic E-state index is -1.19. The van der Waals surface area contributed by atoms with Crippen molar-refractivity contribution in [1.29, 1.82) is 0 Å². The van der Waals surface area contributed by atoms with Gasteiger partial charge in [0.05, 0.1) is 15.8 Å². The van der Waals surface area contributed by atoms with Gasteiger partial charge in [0, 0.05) is 12.1 Å². The summed E-state index contributed by atoms with van der Waals surface area (Å²) >= 11 is 11.7. The lowest BCUT2D eigenvalue weighted by Crippen LogP contribution is -2.27. The fourth-order valence-corrected chi connectivity index (χ4v) is 3.14. The van der Waals surface area contributed by atoms with Crippen molar-refractivity contribution in [2.45, 2.75) is 11.7 Å². The molecule has 0 spiro atoms. The summed E-state index contributed by atoms with van der Waals surface area (Å²) in [5.74, 6) is -1.90. The Bertz CT molecular complexity index is 650. The van der Waals surface area contributed by atoms with E-state index in [-0.39, 0.29) is 22.9 Å². The van der Waals surface area contributed by atoms with Gasteiger partial charge in [-0.3, -0.25) is 9.59 Å². The summed E-state index contributed by atoms with van der Waals surface area (Å²) in [6, 6.07) is 4.13. The molecule has 0 aromatic heterocycles. The first-order chi connectivity index (χ1) is 9.86. The summed E-state index contributed by atoms with van der Waals surface area (Å²) in [6.45, 7) is 0.